The fraction of sp³-hybridized carbons (Fsp3) is 0.358. The van der Waals surface area contributed by atoms with Crippen molar-refractivity contribution in [3.63, 3.8) is 0 Å². The summed E-state index contributed by atoms with van der Waals surface area (Å²) in [4.78, 5) is 9.45. The monoisotopic (exact) mass is 1040 g/mol. The Balaban J connectivity index is 0.000000235. The van der Waals surface area contributed by atoms with Gasteiger partial charge in [-0.05, 0) is 40.6 Å². The minimum absolute atomic E-state index is 0. The Labute approximate surface area is 372 Å². The van der Waals surface area contributed by atoms with Crippen LogP contribution in [-0.2, 0) is 32.9 Å². The summed E-state index contributed by atoms with van der Waals surface area (Å²) < 4.78 is 7.98. The molecular formula is C53H64GeIrN2OSi-2. The Hall–Kier alpha value is -3.61. The van der Waals surface area contributed by atoms with Gasteiger partial charge in [0.05, 0.1) is 8.07 Å². The van der Waals surface area contributed by atoms with E-state index in [1.54, 1.807) is 0 Å². The van der Waals surface area contributed by atoms with Gasteiger partial charge >= 0.3 is 155 Å². The molecule has 3 heterocycles. The molecule has 1 radical (unpaired) electrons. The van der Waals surface area contributed by atoms with Crippen molar-refractivity contribution in [1.82, 2.24) is 9.97 Å². The van der Waals surface area contributed by atoms with E-state index < -0.39 is 21.3 Å². The third kappa shape index (κ3) is 11.8. The van der Waals surface area contributed by atoms with Gasteiger partial charge < -0.3 is 4.98 Å². The summed E-state index contributed by atoms with van der Waals surface area (Å²) in [7, 11) is -1.40. The van der Waals surface area contributed by atoms with Crippen molar-refractivity contribution < 1.29 is 24.5 Å². The Morgan fingerprint density at radius 2 is 1.39 bits per heavy atom. The van der Waals surface area contributed by atoms with Gasteiger partial charge in [-0.15, -0.1) is 35.4 Å². The quantitative estimate of drug-likeness (QED) is 0.112. The second kappa shape index (κ2) is 18.2. The summed E-state index contributed by atoms with van der Waals surface area (Å²) in [5.74, 6) is 7.82. The Bertz CT molecular complexity index is 2510. The molecule has 0 amide bonds. The summed E-state index contributed by atoms with van der Waals surface area (Å²) >= 11 is -1.82. The third-order valence-electron chi connectivity index (χ3n) is 10.6. The fourth-order valence-electron chi connectivity index (χ4n) is 7.60. The molecule has 3 aromatic heterocycles. The topological polar surface area (TPSA) is 38.9 Å². The zero-order chi connectivity index (χ0) is 42.2. The molecule has 0 saturated heterocycles. The molecular weight excluding hydrogens is 974 g/mol. The van der Waals surface area contributed by atoms with Gasteiger partial charge in [-0.1, -0.05) is 98.1 Å². The zero-order valence-corrected chi connectivity index (χ0v) is 43.4. The molecule has 59 heavy (non-hydrogen) atoms. The van der Waals surface area contributed by atoms with Crippen LogP contribution in [0, 0.1) is 23.0 Å². The van der Waals surface area contributed by atoms with E-state index in [4.69, 9.17) is 9.40 Å². The molecule has 0 aliphatic carbocycles. The van der Waals surface area contributed by atoms with Gasteiger partial charge in [0.1, 0.15) is 0 Å². The molecule has 0 atom stereocenters. The van der Waals surface area contributed by atoms with Crippen LogP contribution >= 0.6 is 0 Å². The summed E-state index contributed by atoms with van der Waals surface area (Å²) in [5.41, 5.74) is 12.7. The van der Waals surface area contributed by atoms with Crippen molar-refractivity contribution in [3.8, 4) is 33.6 Å². The summed E-state index contributed by atoms with van der Waals surface area (Å²) in [6.07, 6.45) is 6.12. The van der Waals surface area contributed by atoms with E-state index in [2.05, 4.69) is 201 Å². The van der Waals surface area contributed by atoms with Crippen molar-refractivity contribution in [2.24, 2.45) is 10.8 Å². The van der Waals surface area contributed by atoms with Gasteiger partial charge in [0.2, 0.25) is 0 Å². The molecule has 0 bridgehead atoms. The molecule has 311 valence electrons. The standard InChI is InChI=1S/C31H32GeNO.C22H32NSi.Ir/c1-31(2,3)20-21-16-17-33-28(18-21)27-9-7-8-26-25-15-12-23(19-29(25)34-30(26)27)22-10-13-24(14-11-22)32(4,5)6;1-16(2)17-9-11-18(12-10-17)20-13-19(14-22(3,4)5)21(15-23-20)24(6,7)8;/h7-8,10-19H,20H2,1-6H3;9-11,13,15-16H,14H2,1-8H3;/q2*-1;. The molecule has 4 aromatic carbocycles. The number of fused-ring (bicyclic) bond motifs is 3. The zero-order valence-electron chi connectivity index (χ0n) is 37.9. The van der Waals surface area contributed by atoms with Crippen LogP contribution < -0.4 is 9.58 Å². The first-order chi connectivity index (χ1) is 27.1. The van der Waals surface area contributed by atoms with E-state index in [9.17, 15) is 0 Å². The summed E-state index contributed by atoms with van der Waals surface area (Å²) in [6, 6.07) is 39.6. The average molecular weight is 1040 g/mol. The second-order valence-electron chi connectivity index (χ2n) is 20.9. The van der Waals surface area contributed by atoms with E-state index in [-0.39, 0.29) is 30.9 Å². The molecule has 0 fully saturated rings. The number of aromatic nitrogens is 2. The van der Waals surface area contributed by atoms with Crippen molar-refractivity contribution in [3.05, 3.63) is 132 Å². The molecule has 0 aliphatic rings. The number of hydrogen-bond donors (Lipinski definition) is 0. The first-order valence-electron chi connectivity index (χ1n) is 21.0. The summed E-state index contributed by atoms with van der Waals surface area (Å²) in [6.45, 7) is 25.3. The normalized spacial score (nSPS) is 12.4. The Morgan fingerprint density at radius 1 is 0.712 bits per heavy atom. The average Bonchev–Trinajstić information content (AvgIpc) is 3.51. The van der Waals surface area contributed by atoms with E-state index in [1.807, 2.05) is 12.3 Å². The molecule has 0 spiro atoms. The van der Waals surface area contributed by atoms with Crippen LogP contribution in [0.25, 0.3) is 55.6 Å². The number of rotatable bonds is 8. The SMILES string of the molecule is CC(C)(C)Cc1ccnc(-c2[c-]ccc3c2oc2cc(-c4cc[c]([Ge]([CH3])([CH3])[CH3])cc4)ccc23)c1.CC(C)c1c[c-]c(-c2cc(CC(C)(C)C)c([Si](C)(C)C)cn2)cc1.[Ir]. The number of nitrogens with zero attached hydrogens (tertiary/aromatic N) is 2. The summed E-state index contributed by atoms with van der Waals surface area (Å²) in [5, 5.41) is 3.72. The third-order valence-corrected chi connectivity index (χ3v) is 17.0. The van der Waals surface area contributed by atoms with Crippen molar-refractivity contribution >= 4 is 52.9 Å². The maximum atomic E-state index is 6.46. The molecule has 0 saturated carbocycles. The predicted octanol–water partition coefficient (Wildman–Crippen LogP) is 14.1. The first-order valence-corrected chi connectivity index (χ1v) is 31.8. The minimum atomic E-state index is -1.82. The van der Waals surface area contributed by atoms with Gasteiger partial charge in [0, 0.05) is 32.5 Å². The Kier molecular flexibility index (Phi) is 14.3. The van der Waals surface area contributed by atoms with Gasteiger partial charge in [-0.2, -0.15) is 0 Å². The van der Waals surface area contributed by atoms with E-state index in [0.717, 1.165) is 57.3 Å². The van der Waals surface area contributed by atoms with Crippen LogP contribution in [-0.4, -0.2) is 31.3 Å². The van der Waals surface area contributed by atoms with Gasteiger partial charge in [0.15, 0.2) is 0 Å². The molecule has 7 rings (SSSR count). The van der Waals surface area contributed by atoms with E-state index in [0.29, 0.717) is 5.92 Å². The van der Waals surface area contributed by atoms with Gasteiger partial charge in [-0.3, -0.25) is 0 Å². The van der Waals surface area contributed by atoms with Gasteiger partial charge in [0.25, 0.3) is 0 Å². The van der Waals surface area contributed by atoms with Crippen LogP contribution in [0.5, 0.6) is 0 Å². The van der Waals surface area contributed by atoms with Crippen molar-refractivity contribution in [2.75, 3.05) is 0 Å². The van der Waals surface area contributed by atoms with Gasteiger partial charge in [-0.25, -0.2) is 0 Å². The maximum absolute atomic E-state index is 6.46. The van der Waals surface area contributed by atoms with Crippen molar-refractivity contribution in [1.29, 1.82) is 0 Å². The number of benzene rings is 4. The molecule has 6 heteroatoms. The molecule has 7 aromatic rings. The fourth-order valence-corrected chi connectivity index (χ4v) is 11.6. The van der Waals surface area contributed by atoms with Crippen molar-refractivity contribution in [2.45, 2.75) is 111 Å². The van der Waals surface area contributed by atoms with Crippen LogP contribution in [0.2, 0.25) is 36.9 Å². The Morgan fingerprint density at radius 3 is 1.98 bits per heavy atom. The second-order valence-corrected chi connectivity index (χ2v) is 36.6. The molecule has 0 aliphatic heterocycles. The molecule has 3 nitrogen and oxygen atoms in total. The molecule has 0 unspecified atom stereocenters. The number of hydrogen-bond acceptors (Lipinski definition) is 3. The van der Waals surface area contributed by atoms with Crippen LogP contribution in [0.1, 0.15) is 78.0 Å². The van der Waals surface area contributed by atoms with E-state index in [1.165, 1.54) is 37.4 Å². The number of pyridine rings is 2. The van der Waals surface area contributed by atoms with Crippen LogP contribution in [0.4, 0.5) is 0 Å². The number of furan rings is 1. The van der Waals surface area contributed by atoms with Crippen LogP contribution in [0.15, 0.2) is 108 Å². The smallest absolute Gasteiger partial charge is 0.305 e. The molecule has 0 N–H and O–H groups in total. The first kappa shape index (κ1) is 46.5. The minimum Gasteiger partial charge on any atom is -0.305 e. The van der Waals surface area contributed by atoms with Crippen LogP contribution in [0.3, 0.4) is 0 Å². The van der Waals surface area contributed by atoms with E-state index >= 15 is 0 Å². The predicted molar refractivity (Wildman–Crippen MR) is 256 cm³/mol.